The molecule has 5 heteroatoms. The molecular weight excluding hydrogens is 202 g/mol. The predicted molar refractivity (Wildman–Crippen MR) is 53.6 cm³/mol. The maximum atomic E-state index is 13.0. The molecule has 2 N–H and O–H groups in total. The molecule has 0 amide bonds. The summed E-state index contributed by atoms with van der Waals surface area (Å²) in [5, 5.41) is 11.3. The van der Waals surface area contributed by atoms with Crippen molar-refractivity contribution in [1.29, 1.82) is 0 Å². The third-order valence-electron chi connectivity index (χ3n) is 1.94. The van der Waals surface area contributed by atoms with Crippen LogP contribution in [0.15, 0.2) is 12.3 Å². The minimum absolute atomic E-state index is 0.0698. The summed E-state index contributed by atoms with van der Waals surface area (Å²) < 4.78 is 25.5. The smallest absolute Gasteiger partial charge is 0.168 e. The maximum absolute atomic E-state index is 13.0. The first-order chi connectivity index (χ1) is 7.24. The summed E-state index contributed by atoms with van der Waals surface area (Å²) in [5.41, 5.74) is 0. The van der Waals surface area contributed by atoms with Gasteiger partial charge in [-0.2, -0.15) is 0 Å². The summed E-state index contributed by atoms with van der Waals surface area (Å²) in [6.45, 7) is 0.735. The molecule has 1 aromatic heterocycles. The molecule has 1 aromatic rings. The van der Waals surface area contributed by atoms with E-state index in [1.807, 2.05) is 0 Å². The second-order valence-corrected chi connectivity index (χ2v) is 3.20. The summed E-state index contributed by atoms with van der Waals surface area (Å²) in [4.78, 5) is 3.59. The van der Waals surface area contributed by atoms with Crippen molar-refractivity contribution in [3.63, 3.8) is 0 Å². The first-order valence-electron chi connectivity index (χ1n) is 4.90. The number of nitrogens with zero attached hydrogens (tertiary/aromatic N) is 1. The van der Waals surface area contributed by atoms with E-state index in [9.17, 15) is 8.78 Å². The van der Waals surface area contributed by atoms with Gasteiger partial charge in [0.05, 0.1) is 6.20 Å². The number of hydrogen-bond acceptors (Lipinski definition) is 3. The summed E-state index contributed by atoms with van der Waals surface area (Å²) in [7, 11) is 0. The molecule has 0 unspecified atom stereocenters. The lowest BCUT2D eigenvalue weighted by Gasteiger charge is -2.05. The van der Waals surface area contributed by atoms with Gasteiger partial charge in [0.2, 0.25) is 0 Å². The summed E-state index contributed by atoms with van der Waals surface area (Å²) >= 11 is 0. The fraction of sp³-hybridized carbons (Fsp3) is 0.500. The zero-order chi connectivity index (χ0) is 11.1. The number of hydrogen-bond donors (Lipinski definition) is 2. The highest BCUT2D eigenvalue weighted by Gasteiger charge is 2.03. The number of pyridine rings is 1. The first kappa shape index (κ1) is 11.8. The van der Waals surface area contributed by atoms with Crippen LogP contribution >= 0.6 is 0 Å². The van der Waals surface area contributed by atoms with Crippen LogP contribution in [0.5, 0.6) is 0 Å². The Labute approximate surface area is 87.2 Å². The minimum Gasteiger partial charge on any atom is -0.396 e. The zero-order valence-corrected chi connectivity index (χ0v) is 8.34. The van der Waals surface area contributed by atoms with E-state index in [0.717, 1.165) is 31.5 Å². The number of rotatable bonds is 6. The Bertz CT molecular complexity index is 307. The van der Waals surface area contributed by atoms with Crippen LogP contribution < -0.4 is 5.32 Å². The van der Waals surface area contributed by atoms with Gasteiger partial charge in [-0.25, -0.2) is 13.8 Å². The first-order valence-corrected chi connectivity index (χ1v) is 4.90. The molecule has 1 heterocycles. The van der Waals surface area contributed by atoms with Gasteiger partial charge in [0.1, 0.15) is 5.82 Å². The Balaban J connectivity index is 2.31. The van der Waals surface area contributed by atoms with Gasteiger partial charge in [-0.1, -0.05) is 0 Å². The summed E-state index contributed by atoms with van der Waals surface area (Å²) in [6.07, 6.45) is 3.39. The normalized spacial score (nSPS) is 10.3. The number of aliphatic hydroxyl groups is 1. The fourth-order valence-corrected chi connectivity index (χ4v) is 1.17. The third kappa shape index (κ3) is 4.20. The van der Waals surface area contributed by atoms with Crippen LogP contribution in [0.3, 0.4) is 0 Å². The number of anilines is 1. The number of aliphatic hydroxyl groups excluding tert-OH is 1. The molecule has 0 bridgehead atoms. The number of unbranched alkanes of at least 4 members (excludes halogenated alkanes) is 2. The standard InChI is InChI=1S/C10H14F2N2O/c11-8-6-9(12)10(14-7-8)13-4-2-1-3-5-15/h6-7,15H,1-5H2,(H,13,14). The lowest BCUT2D eigenvalue weighted by molar-refractivity contribution is 0.283. The van der Waals surface area contributed by atoms with Crippen molar-refractivity contribution >= 4 is 5.82 Å². The predicted octanol–water partition coefficient (Wildman–Crippen LogP) is 1.93. The minimum atomic E-state index is -0.683. The molecule has 0 spiro atoms. The summed E-state index contributed by atoms with van der Waals surface area (Å²) in [6, 6.07) is 0.795. The van der Waals surface area contributed by atoms with Crippen LogP contribution in [0.4, 0.5) is 14.6 Å². The maximum Gasteiger partial charge on any atom is 0.168 e. The fourth-order valence-electron chi connectivity index (χ4n) is 1.17. The molecule has 0 saturated carbocycles. The highest BCUT2D eigenvalue weighted by atomic mass is 19.1. The Morgan fingerprint density at radius 2 is 2.07 bits per heavy atom. The zero-order valence-electron chi connectivity index (χ0n) is 8.34. The number of aromatic nitrogens is 1. The largest absolute Gasteiger partial charge is 0.396 e. The van der Waals surface area contributed by atoms with Gasteiger partial charge in [0.25, 0.3) is 0 Å². The van der Waals surface area contributed by atoms with Gasteiger partial charge >= 0.3 is 0 Å². The van der Waals surface area contributed by atoms with E-state index in [-0.39, 0.29) is 12.4 Å². The second kappa shape index (κ2) is 6.29. The summed E-state index contributed by atoms with van der Waals surface area (Å²) in [5.74, 6) is -1.30. The SMILES string of the molecule is OCCCCCNc1ncc(F)cc1F. The third-order valence-corrected chi connectivity index (χ3v) is 1.94. The number of halogens is 2. The highest BCUT2D eigenvalue weighted by Crippen LogP contribution is 2.11. The van der Waals surface area contributed by atoms with Gasteiger partial charge in [0.15, 0.2) is 11.6 Å². The van der Waals surface area contributed by atoms with Gasteiger partial charge in [0, 0.05) is 19.2 Å². The lowest BCUT2D eigenvalue weighted by Crippen LogP contribution is -2.05. The van der Waals surface area contributed by atoms with Crippen LogP contribution in [-0.2, 0) is 0 Å². The van der Waals surface area contributed by atoms with Gasteiger partial charge in [-0.15, -0.1) is 0 Å². The Kier molecular flexibility index (Phi) is 4.97. The monoisotopic (exact) mass is 216 g/mol. The number of nitrogens with one attached hydrogen (secondary N) is 1. The Morgan fingerprint density at radius 3 is 2.73 bits per heavy atom. The van der Waals surface area contributed by atoms with Crippen molar-refractivity contribution in [2.24, 2.45) is 0 Å². The van der Waals surface area contributed by atoms with E-state index < -0.39 is 11.6 Å². The van der Waals surface area contributed by atoms with Gasteiger partial charge < -0.3 is 10.4 Å². The van der Waals surface area contributed by atoms with Crippen LogP contribution in [0.25, 0.3) is 0 Å². The van der Waals surface area contributed by atoms with Gasteiger partial charge in [-0.3, -0.25) is 0 Å². The lowest BCUT2D eigenvalue weighted by atomic mass is 10.2. The topological polar surface area (TPSA) is 45.1 Å². The molecule has 1 rings (SSSR count). The molecule has 15 heavy (non-hydrogen) atoms. The highest BCUT2D eigenvalue weighted by molar-refractivity contribution is 5.35. The molecule has 0 radical (unpaired) electrons. The Hall–Kier alpha value is -1.23. The molecule has 0 aromatic carbocycles. The van der Waals surface area contributed by atoms with E-state index in [0.29, 0.717) is 6.54 Å². The van der Waals surface area contributed by atoms with Crippen molar-refractivity contribution in [1.82, 2.24) is 4.98 Å². The van der Waals surface area contributed by atoms with Crippen LogP contribution in [-0.4, -0.2) is 23.2 Å². The molecule has 0 saturated heterocycles. The van der Waals surface area contributed by atoms with Crippen molar-refractivity contribution in [3.05, 3.63) is 23.9 Å². The second-order valence-electron chi connectivity index (χ2n) is 3.20. The van der Waals surface area contributed by atoms with Crippen molar-refractivity contribution in [2.45, 2.75) is 19.3 Å². The van der Waals surface area contributed by atoms with Crippen molar-refractivity contribution < 1.29 is 13.9 Å². The van der Waals surface area contributed by atoms with Gasteiger partial charge in [-0.05, 0) is 19.3 Å². The van der Waals surface area contributed by atoms with E-state index in [4.69, 9.17) is 5.11 Å². The van der Waals surface area contributed by atoms with E-state index in [1.54, 1.807) is 0 Å². The van der Waals surface area contributed by atoms with Crippen LogP contribution in [0.2, 0.25) is 0 Å². The van der Waals surface area contributed by atoms with E-state index in [2.05, 4.69) is 10.3 Å². The molecule has 84 valence electrons. The van der Waals surface area contributed by atoms with E-state index >= 15 is 0 Å². The molecule has 3 nitrogen and oxygen atoms in total. The average Bonchev–Trinajstić information content (AvgIpc) is 2.20. The molecule has 0 atom stereocenters. The van der Waals surface area contributed by atoms with E-state index in [1.165, 1.54) is 0 Å². The molecular formula is C10H14F2N2O. The van der Waals surface area contributed by atoms with Crippen LogP contribution in [0.1, 0.15) is 19.3 Å². The quantitative estimate of drug-likeness (QED) is 0.714. The van der Waals surface area contributed by atoms with Crippen molar-refractivity contribution in [2.75, 3.05) is 18.5 Å². The molecule has 0 aliphatic carbocycles. The molecule has 0 fully saturated rings. The molecule has 0 aliphatic rings. The Morgan fingerprint density at radius 1 is 1.27 bits per heavy atom. The molecule has 0 aliphatic heterocycles. The van der Waals surface area contributed by atoms with Crippen LogP contribution in [0, 0.1) is 11.6 Å². The van der Waals surface area contributed by atoms with Crippen molar-refractivity contribution in [3.8, 4) is 0 Å². The average molecular weight is 216 g/mol.